The minimum Gasteiger partial charge on any atom is -0.456 e. The molecule has 1 heterocycles. The molecule has 2 aromatic carbocycles. The number of thioether (sulfide) groups is 1. The van der Waals surface area contributed by atoms with Gasteiger partial charge in [0.15, 0.2) is 0 Å². The van der Waals surface area contributed by atoms with Gasteiger partial charge in [-0.05, 0) is 30.3 Å². The van der Waals surface area contributed by atoms with Crippen LogP contribution in [0, 0.1) is 4.51 Å². The molecule has 3 rings (SSSR count). The largest absolute Gasteiger partial charge is 0.456 e. The van der Waals surface area contributed by atoms with Crippen LogP contribution >= 0.6 is 24.0 Å². The Bertz CT molecular complexity index is 793. The lowest BCUT2D eigenvalue weighted by molar-refractivity contribution is 0.322. The van der Waals surface area contributed by atoms with E-state index in [-0.39, 0.29) is 6.61 Å². The Morgan fingerprint density at radius 3 is 2.68 bits per heavy atom. The van der Waals surface area contributed by atoms with Crippen molar-refractivity contribution in [1.82, 2.24) is 0 Å². The maximum Gasteiger partial charge on any atom is 0.136 e. The third kappa shape index (κ3) is 2.39. The molecule has 96 valence electrons. The van der Waals surface area contributed by atoms with E-state index >= 15 is 0 Å². The molecular weight excluding hydrogens is 276 g/mol. The maximum absolute atomic E-state index is 8.88. The Morgan fingerprint density at radius 1 is 1.05 bits per heavy atom. The van der Waals surface area contributed by atoms with Crippen LogP contribution in [0.4, 0.5) is 0 Å². The number of rotatable bonds is 3. The molecule has 0 aliphatic carbocycles. The standard InChI is InChI=1S/C15H12O2S2/c16-7-8-19-10-5-6-14-12(9-10)15(18)11-3-1-2-4-13(11)17-14/h1-6,9,16H,7-8H2. The second kappa shape index (κ2) is 5.33. The number of aliphatic hydroxyl groups is 1. The van der Waals surface area contributed by atoms with Crippen LogP contribution in [0.1, 0.15) is 0 Å². The molecule has 1 N–H and O–H groups in total. The molecule has 3 aromatic rings. The number of para-hydroxylation sites is 1. The highest BCUT2D eigenvalue weighted by Gasteiger charge is 2.05. The lowest BCUT2D eigenvalue weighted by atomic mass is 10.1. The minimum absolute atomic E-state index is 0.172. The summed E-state index contributed by atoms with van der Waals surface area (Å²) in [6.45, 7) is 0.172. The van der Waals surface area contributed by atoms with Gasteiger partial charge in [0.05, 0.1) is 11.1 Å². The van der Waals surface area contributed by atoms with Crippen LogP contribution in [-0.2, 0) is 0 Å². The van der Waals surface area contributed by atoms with E-state index in [2.05, 4.69) is 0 Å². The fraction of sp³-hybridized carbons (Fsp3) is 0.133. The van der Waals surface area contributed by atoms with Gasteiger partial charge in [-0.25, -0.2) is 0 Å². The maximum atomic E-state index is 8.88. The third-order valence-corrected chi connectivity index (χ3v) is 4.32. The Kier molecular flexibility index (Phi) is 3.55. The van der Waals surface area contributed by atoms with E-state index < -0.39 is 0 Å². The van der Waals surface area contributed by atoms with Crippen LogP contribution < -0.4 is 0 Å². The van der Waals surface area contributed by atoms with Crippen molar-refractivity contribution in [3.8, 4) is 0 Å². The molecule has 0 saturated carbocycles. The Balaban J connectivity index is 2.24. The Labute approximate surface area is 120 Å². The summed E-state index contributed by atoms with van der Waals surface area (Å²) in [5.41, 5.74) is 1.62. The number of aliphatic hydroxyl groups excluding tert-OH is 1. The van der Waals surface area contributed by atoms with E-state index in [0.29, 0.717) is 5.75 Å². The zero-order chi connectivity index (χ0) is 13.2. The van der Waals surface area contributed by atoms with E-state index in [9.17, 15) is 0 Å². The molecule has 1 aromatic heterocycles. The smallest absolute Gasteiger partial charge is 0.136 e. The van der Waals surface area contributed by atoms with Crippen molar-refractivity contribution >= 4 is 45.9 Å². The quantitative estimate of drug-likeness (QED) is 0.440. The summed E-state index contributed by atoms with van der Waals surface area (Å²) < 4.78 is 6.68. The average Bonchev–Trinajstić information content (AvgIpc) is 2.46. The molecule has 0 unspecified atom stereocenters. The zero-order valence-electron chi connectivity index (χ0n) is 10.1. The first-order valence-corrected chi connectivity index (χ1v) is 7.38. The number of hydrogen-bond acceptors (Lipinski definition) is 4. The van der Waals surface area contributed by atoms with Crippen LogP contribution in [0.5, 0.6) is 0 Å². The highest BCUT2D eigenvalue weighted by Crippen LogP contribution is 2.29. The summed E-state index contributed by atoms with van der Waals surface area (Å²) in [5.74, 6) is 0.684. The topological polar surface area (TPSA) is 33.4 Å². The first kappa shape index (κ1) is 12.7. The molecule has 0 spiro atoms. The van der Waals surface area contributed by atoms with Crippen molar-refractivity contribution in [1.29, 1.82) is 0 Å². The van der Waals surface area contributed by atoms with Crippen molar-refractivity contribution in [2.24, 2.45) is 0 Å². The van der Waals surface area contributed by atoms with Gasteiger partial charge in [-0.15, -0.1) is 11.8 Å². The van der Waals surface area contributed by atoms with E-state index in [0.717, 1.165) is 31.3 Å². The first-order chi connectivity index (χ1) is 9.29. The fourth-order valence-corrected chi connectivity index (χ4v) is 3.06. The Hall–Kier alpha value is -1.36. The molecule has 19 heavy (non-hydrogen) atoms. The van der Waals surface area contributed by atoms with Crippen LogP contribution in [0.15, 0.2) is 51.8 Å². The second-order valence-electron chi connectivity index (χ2n) is 4.16. The molecule has 0 radical (unpaired) electrons. The first-order valence-electron chi connectivity index (χ1n) is 5.99. The summed E-state index contributed by atoms with van der Waals surface area (Å²) in [7, 11) is 0. The van der Waals surface area contributed by atoms with Gasteiger partial charge < -0.3 is 9.52 Å². The fourth-order valence-electron chi connectivity index (χ4n) is 2.04. The molecule has 0 amide bonds. The summed E-state index contributed by atoms with van der Waals surface area (Å²) in [5, 5.41) is 10.8. The molecule has 0 aliphatic rings. The second-order valence-corrected chi connectivity index (χ2v) is 5.73. The molecule has 2 nitrogen and oxygen atoms in total. The van der Waals surface area contributed by atoms with Crippen molar-refractivity contribution in [3.05, 3.63) is 47.0 Å². The predicted octanol–water partition coefficient (Wildman–Crippen LogP) is 4.40. The summed E-state index contributed by atoms with van der Waals surface area (Å²) in [6, 6.07) is 13.8. The SMILES string of the molecule is OCCSc1ccc2oc3ccccc3c(=S)c2c1. The summed E-state index contributed by atoms with van der Waals surface area (Å²) in [4.78, 5) is 1.10. The molecule has 0 fully saturated rings. The van der Waals surface area contributed by atoms with E-state index in [1.807, 2.05) is 42.5 Å². The molecule has 0 aliphatic heterocycles. The van der Waals surface area contributed by atoms with Crippen LogP contribution in [-0.4, -0.2) is 17.5 Å². The van der Waals surface area contributed by atoms with Gasteiger partial charge in [0.1, 0.15) is 11.2 Å². The van der Waals surface area contributed by atoms with Crippen molar-refractivity contribution < 1.29 is 9.52 Å². The number of fused-ring (bicyclic) bond motifs is 2. The van der Waals surface area contributed by atoms with Crippen LogP contribution in [0.25, 0.3) is 21.9 Å². The monoisotopic (exact) mass is 288 g/mol. The van der Waals surface area contributed by atoms with Crippen molar-refractivity contribution in [3.63, 3.8) is 0 Å². The molecule has 4 heteroatoms. The number of hydrogen-bond donors (Lipinski definition) is 1. The summed E-state index contributed by atoms with van der Waals surface area (Å²) >= 11 is 7.16. The van der Waals surface area contributed by atoms with Gasteiger partial charge in [-0.3, -0.25) is 0 Å². The van der Waals surface area contributed by atoms with Gasteiger partial charge in [0.2, 0.25) is 0 Å². The van der Waals surface area contributed by atoms with Crippen molar-refractivity contribution in [2.75, 3.05) is 12.4 Å². The number of benzene rings is 2. The lowest BCUT2D eigenvalue weighted by Crippen LogP contribution is -1.86. The minimum atomic E-state index is 0.172. The van der Waals surface area contributed by atoms with Gasteiger partial charge in [-0.1, -0.05) is 24.4 Å². The van der Waals surface area contributed by atoms with Crippen molar-refractivity contribution in [2.45, 2.75) is 4.90 Å². The third-order valence-electron chi connectivity index (χ3n) is 2.91. The molecule has 0 saturated heterocycles. The Morgan fingerprint density at radius 2 is 1.84 bits per heavy atom. The van der Waals surface area contributed by atoms with E-state index in [1.165, 1.54) is 0 Å². The average molecular weight is 288 g/mol. The van der Waals surface area contributed by atoms with Gasteiger partial charge in [-0.2, -0.15) is 0 Å². The molecule has 0 bridgehead atoms. The highest BCUT2D eigenvalue weighted by atomic mass is 32.2. The van der Waals surface area contributed by atoms with Gasteiger partial charge >= 0.3 is 0 Å². The lowest BCUT2D eigenvalue weighted by Gasteiger charge is -2.05. The predicted molar refractivity (Wildman–Crippen MR) is 82.4 cm³/mol. The van der Waals surface area contributed by atoms with E-state index in [4.69, 9.17) is 21.7 Å². The zero-order valence-corrected chi connectivity index (χ0v) is 11.8. The van der Waals surface area contributed by atoms with Crippen LogP contribution in [0.2, 0.25) is 0 Å². The normalized spacial score (nSPS) is 11.2. The van der Waals surface area contributed by atoms with E-state index in [1.54, 1.807) is 11.8 Å². The van der Waals surface area contributed by atoms with Gasteiger partial charge in [0.25, 0.3) is 0 Å². The molecule has 0 atom stereocenters. The molecular formula is C15H12O2S2. The summed E-state index contributed by atoms with van der Waals surface area (Å²) in [6.07, 6.45) is 0. The van der Waals surface area contributed by atoms with Crippen LogP contribution in [0.3, 0.4) is 0 Å². The highest BCUT2D eigenvalue weighted by molar-refractivity contribution is 7.99. The van der Waals surface area contributed by atoms with Gasteiger partial charge in [0, 0.05) is 21.4 Å².